The van der Waals surface area contributed by atoms with E-state index in [0.29, 0.717) is 18.6 Å². The van der Waals surface area contributed by atoms with Gasteiger partial charge in [-0.05, 0) is 30.0 Å². The first-order chi connectivity index (χ1) is 12.9. The van der Waals surface area contributed by atoms with Gasteiger partial charge in [0, 0.05) is 24.6 Å². The summed E-state index contributed by atoms with van der Waals surface area (Å²) in [5.74, 6) is -1.03. The number of nitrogen functional groups attached to an aromatic ring is 1. The number of carbonyl (C=O) groups is 2. The lowest BCUT2D eigenvalue weighted by molar-refractivity contribution is -0.133. The molecule has 1 heterocycles. The SMILES string of the molecule is COc1cc(CNC(=O)[C@@H](C)C(CCc2ccccc2)C(N)=O)cnc1N.Cl.Cl. The molecule has 0 fully saturated rings. The second-order valence-corrected chi connectivity index (χ2v) is 6.47. The third-order valence-electron chi connectivity index (χ3n) is 4.59. The van der Waals surface area contributed by atoms with E-state index in [0.717, 1.165) is 11.1 Å². The molecule has 0 aliphatic heterocycles. The third-order valence-corrected chi connectivity index (χ3v) is 4.59. The van der Waals surface area contributed by atoms with Crippen LogP contribution in [0, 0.1) is 11.8 Å². The number of aromatic nitrogens is 1. The number of methoxy groups -OCH3 is 1. The average Bonchev–Trinajstić information content (AvgIpc) is 2.67. The van der Waals surface area contributed by atoms with Crippen LogP contribution in [0.5, 0.6) is 5.75 Å². The maximum atomic E-state index is 12.5. The van der Waals surface area contributed by atoms with Crippen LogP contribution in [-0.4, -0.2) is 23.9 Å². The summed E-state index contributed by atoms with van der Waals surface area (Å²) in [6.45, 7) is 1.98. The molecule has 0 aliphatic carbocycles. The van der Waals surface area contributed by atoms with Crippen LogP contribution in [0.25, 0.3) is 0 Å². The summed E-state index contributed by atoms with van der Waals surface area (Å²) in [4.78, 5) is 28.4. The summed E-state index contributed by atoms with van der Waals surface area (Å²) in [5.41, 5.74) is 13.1. The van der Waals surface area contributed by atoms with Gasteiger partial charge in [0.15, 0.2) is 11.6 Å². The lowest BCUT2D eigenvalue weighted by Crippen LogP contribution is -2.39. The van der Waals surface area contributed by atoms with Crippen LogP contribution in [0.1, 0.15) is 24.5 Å². The first-order valence-electron chi connectivity index (χ1n) is 8.81. The Balaban J connectivity index is 0.00000392. The number of ether oxygens (including phenoxy) is 1. The number of carbonyl (C=O) groups excluding carboxylic acids is 2. The van der Waals surface area contributed by atoms with Gasteiger partial charge in [-0.25, -0.2) is 4.98 Å². The van der Waals surface area contributed by atoms with Gasteiger partial charge in [0.05, 0.1) is 7.11 Å². The Morgan fingerprint density at radius 3 is 2.41 bits per heavy atom. The Kier molecular flexibility index (Phi) is 11.7. The molecule has 2 aromatic rings. The fourth-order valence-electron chi connectivity index (χ4n) is 2.89. The fourth-order valence-corrected chi connectivity index (χ4v) is 2.89. The number of amides is 2. The van der Waals surface area contributed by atoms with Crippen molar-refractivity contribution in [2.24, 2.45) is 17.6 Å². The number of nitrogens with zero attached hydrogens (tertiary/aromatic N) is 1. The van der Waals surface area contributed by atoms with Crippen molar-refractivity contribution in [1.29, 1.82) is 0 Å². The summed E-state index contributed by atoms with van der Waals surface area (Å²) in [6, 6.07) is 11.5. The molecule has 0 aliphatic rings. The predicted octanol–water partition coefficient (Wildman–Crippen LogP) is 2.50. The average molecular weight is 443 g/mol. The van der Waals surface area contributed by atoms with E-state index in [-0.39, 0.29) is 43.1 Å². The molecule has 2 atom stereocenters. The van der Waals surface area contributed by atoms with Crippen LogP contribution in [0.15, 0.2) is 42.6 Å². The monoisotopic (exact) mass is 442 g/mol. The molecule has 9 heteroatoms. The highest BCUT2D eigenvalue weighted by atomic mass is 35.5. The maximum Gasteiger partial charge on any atom is 0.223 e. The Labute approximate surface area is 183 Å². The zero-order valence-electron chi connectivity index (χ0n) is 16.5. The first kappa shape index (κ1) is 26.5. The molecule has 0 saturated carbocycles. The van der Waals surface area contributed by atoms with Gasteiger partial charge in [0.2, 0.25) is 11.8 Å². The van der Waals surface area contributed by atoms with Crippen molar-refractivity contribution < 1.29 is 14.3 Å². The van der Waals surface area contributed by atoms with Gasteiger partial charge < -0.3 is 21.5 Å². The molecule has 1 unspecified atom stereocenters. The molecule has 7 nitrogen and oxygen atoms in total. The topological polar surface area (TPSA) is 120 Å². The van der Waals surface area contributed by atoms with Gasteiger partial charge in [-0.1, -0.05) is 37.3 Å². The molecule has 160 valence electrons. The standard InChI is InChI=1S/C20H26N4O3.2ClH/c1-13(16(19(22)25)9-8-14-6-4-3-5-7-14)20(26)24-12-15-10-17(27-2)18(21)23-11-15;;/h3-7,10-11,13,16H,8-9,12H2,1-2H3,(H2,21,23)(H2,22,25)(H,24,26);2*1H/t13-,16?;;/m0../s1. The number of pyridine rings is 1. The van der Waals surface area contributed by atoms with E-state index in [4.69, 9.17) is 16.2 Å². The van der Waals surface area contributed by atoms with Gasteiger partial charge in [0.25, 0.3) is 0 Å². The molecular formula is C20H28Cl2N4O3. The predicted molar refractivity (Wildman–Crippen MR) is 118 cm³/mol. The number of rotatable bonds is 9. The smallest absolute Gasteiger partial charge is 0.223 e. The van der Waals surface area contributed by atoms with Gasteiger partial charge in [-0.15, -0.1) is 24.8 Å². The Hall–Kier alpha value is -2.51. The molecule has 2 rings (SSSR count). The number of hydrogen-bond donors (Lipinski definition) is 3. The lowest BCUT2D eigenvalue weighted by Gasteiger charge is -2.20. The number of benzene rings is 1. The van der Waals surface area contributed by atoms with E-state index >= 15 is 0 Å². The number of primary amides is 1. The molecule has 1 aromatic carbocycles. The first-order valence-corrected chi connectivity index (χ1v) is 8.81. The minimum Gasteiger partial charge on any atom is -0.493 e. The zero-order valence-corrected chi connectivity index (χ0v) is 18.1. The third kappa shape index (κ3) is 7.79. The van der Waals surface area contributed by atoms with Crippen LogP contribution >= 0.6 is 24.8 Å². The number of nitrogens with two attached hydrogens (primary N) is 2. The normalized spacial score (nSPS) is 11.9. The van der Waals surface area contributed by atoms with E-state index in [1.807, 2.05) is 30.3 Å². The minimum absolute atomic E-state index is 0. The van der Waals surface area contributed by atoms with Crippen molar-refractivity contribution in [2.45, 2.75) is 26.3 Å². The van der Waals surface area contributed by atoms with Crippen LogP contribution in [0.4, 0.5) is 5.82 Å². The van der Waals surface area contributed by atoms with E-state index in [1.165, 1.54) is 7.11 Å². The highest BCUT2D eigenvalue weighted by Crippen LogP contribution is 2.21. The van der Waals surface area contributed by atoms with E-state index < -0.39 is 17.7 Å². The van der Waals surface area contributed by atoms with Crippen molar-refractivity contribution in [3.05, 3.63) is 53.7 Å². The quantitative estimate of drug-likeness (QED) is 0.550. The molecule has 0 spiro atoms. The molecule has 0 radical (unpaired) electrons. The fraction of sp³-hybridized carbons (Fsp3) is 0.350. The maximum absolute atomic E-state index is 12.5. The molecule has 29 heavy (non-hydrogen) atoms. The molecule has 1 aromatic heterocycles. The van der Waals surface area contributed by atoms with E-state index in [9.17, 15) is 9.59 Å². The van der Waals surface area contributed by atoms with Crippen LogP contribution < -0.4 is 21.5 Å². The number of hydrogen-bond acceptors (Lipinski definition) is 5. The molecule has 0 bridgehead atoms. The van der Waals surface area contributed by atoms with Gasteiger partial charge >= 0.3 is 0 Å². The number of aryl methyl sites for hydroxylation is 1. The Morgan fingerprint density at radius 1 is 1.17 bits per heavy atom. The second-order valence-electron chi connectivity index (χ2n) is 6.47. The number of anilines is 1. The summed E-state index contributed by atoms with van der Waals surface area (Å²) in [6.07, 6.45) is 2.78. The Morgan fingerprint density at radius 2 is 1.83 bits per heavy atom. The van der Waals surface area contributed by atoms with Crippen molar-refractivity contribution in [2.75, 3.05) is 12.8 Å². The number of halogens is 2. The minimum atomic E-state index is -0.538. The van der Waals surface area contributed by atoms with E-state index in [2.05, 4.69) is 10.3 Å². The van der Waals surface area contributed by atoms with Crippen molar-refractivity contribution >= 4 is 42.4 Å². The highest BCUT2D eigenvalue weighted by molar-refractivity contribution is 5.86. The summed E-state index contributed by atoms with van der Waals surface area (Å²) < 4.78 is 5.12. The summed E-state index contributed by atoms with van der Waals surface area (Å²) in [5, 5.41) is 2.82. The second kappa shape index (κ2) is 12.9. The zero-order chi connectivity index (χ0) is 19.8. The van der Waals surface area contributed by atoms with Gasteiger partial charge in [-0.3, -0.25) is 9.59 Å². The Bertz CT molecular complexity index is 791. The van der Waals surface area contributed by atoms with Crippen molar-refractivity contribution in [1.82, 2.24) is 10.3 Å². The van der Waals surface area contributed by atoms with Gasteiger partial charge in [0.1, 0.15) is 0 Å². The molecule has 2 amide bonds. The molecule has 0 saturated heterocycles. The summed E-state index contributed by atoms with van der Waals surface area (Å²) >= 11 is 0. The van der Waals surface area contributed by atoms with E-state index in [1.54, 1.807) is 19.2 Å². The number of nitrogens with one attached hydrogen (secondary N) is 1. The van der Waals surface area contributed by atoms with Gasteiger partial charge in [-0.2, -0.15) is 0 Å². The summed E-state index contributed by atoms with van der Waals surface area (Å²) in [7, 11) is 1.50. The lowest BCUT2D eigenvalue weighted by atomic mass is 9.87. The van der Waals surface area contributed by atoms with Crippen molar-refractivity contribution in [3.8, 4) is 5.75 Å². The van der Waals surface area contributed by atoms with Crippen LogP contribution in [-0.2, 0) is 22.6 Å². The van der Waals surface area contributed by atoms with Crippen molar-refractivity contribution in [3.63, 3.8) is 0 Å². The molecular weight excluding hydrogens is 415 g/mol. The van der Waals surface area contributed by atoms with Crippen LogP contribution in [0.2, 0.25) is 0 Å². The molecule has 5 N–H and O–H groups in total. The van der Waals surface area contributed by atoms with Crippen LogP contribution in [0.3, 0.4) is 0 Å². The largest absolute Gasteiger partial charge is 0.493 e. The highest BCUT2D eigenvalue weighted by Gasteiger charge is 2.28.